The molecule has 7 nitrogen and oxygen atoms in total. The molecule has 1 aliphatic rings. The van der Waals surface area contributed by atoms with E-state index in [0.29, 0.717) is 52.8 Å². The Morgan fingerprint density at radius 3 is 2.49 bits per heavy atom. The number of halogens is 2. The van der Waals surface area contributed by atoms with Crippen LogP contribution in [0.5, 0.6) is 0 Å². The lowest BCUT2D eigenvalue weighted by atomic mass is 9.87. The summed E-state index contributed by atoms with van der Waals surface area (Å²) in [5.74, 6) is -2.07. The van der Waals surface area contributed by atoms with E-state index < -0.39 is 29.2 Å². The van der Waals surface area contributed by atoms with Crippen LogP contribution < -0.4 is 16.4 Å². The molecule has 2 atom stereocenters. The van der Waals surface area contributed by atoms with Crippen molar-refractivity contribution in [3.63, 3.8) is 0 Å². The van der Waals surface area contributed by atoms with E-state index in [4.69, 9.17) is 17.3 Å². The highest BCUT2D eigenvalue weighted by molar-refractivity contribution is 6.30. The van der Waals surface area contributed by atoms with Crippen LogP contribution >= 0.6 is 11.6 Å². The maximum absolute atomic E-state index is 15.4. The van der Waals surface area contributed by atoms with Gasteiger partial charge in [0.1, 0.15) is 5.82 Å². The lowest BCUT2D eigenvalue weighted by Crippen LogP contribution is -2.38. The minimum absolute atomic E-state index is 0.235. The molecule has 0 bridgehead atoms. The second-order valence-electron chi connectivity index (χ2n) is 10.4. The Hall–Kier alpha value is -3.72. The van der Waals surface area contributed by atoms with Crippen molar-refractivity contribution in [3.8, 4) is 0 Å². The van der Waals surface area contributed by atoms with Crippen molar-refractivity contribution in [2.45, 2.75) is 25.4 Å². The highest BCUT2D eigenvalue weighted by Crippen LogP contribution is 2.36. The molecule has 3 aromatic carbocycles. The number of benzene rings is 3. The molecule has 0 radical (unpaired) electrons. The molecular formula is C30H32ClFN4O3. The van der Waals surface area contributed by atoms with E-state index in [1.165, 1.54) is 18.2 Å². The van der Waals surface area contributed by atoms with Gasteiger partial charge in [-0.1, -0.05) is 35.9 Å². The number of likely N-dealkylation sites (tertiary alicyclic amines) is 1. The van der Waals surface area contributed by atoms with Gasteiger partial charge < -0.3 is 21.5 Å². The van der Waals surface area contributed by atoms with Gasteiger partial charge >= 0.3 is 0 Å². The largest absolute Gasteiger partial charge is 0.397 e. The second-order valence-corrected chi connectivity index (χ2v) is 10.8. The normalized spacial score (nSPS) is 17.9. The first-order chi connectivity index (χ1) is 18.5. The van der Waals surface area contributed by atoms with E-state index in [-0.39, 0.29) is 5.91 Å². The highest BCUT2D eigenvalue weighted by Gasteiger charge is 2.40. The van der Waals surface area contributed by atoms with Gasteiger partial charge in [0.2, 0.25) is 11.8 Å². The van der Waals surface area contributed by atoms with Crippen molar-refractivity contribution < 1.29 is 19.1 Å². The van der Waals surface area contributed by atoms with E-state index in [9.17, 15) is 14.7 Å². The number of nitrogens with one attached hydrogen (secondary N) is 2. The Balaban J connectivity index is 1.51. The van der Waals surface area contributed by atoms with Gasteiger partial charge in [-0.3, -0.25) is 14.5 Å². The fraction of sp³-hybridized carbons (Fsp3) is 0.267. The zero-order valence-electron chi connectivity index (χ0n) is 21.8. The van der Waals surface area contributed by atoms with Crippen LogP contribution in [0.1, 0.15) is 30.9 Å². The van der Waals surface area contributed by atoms with Gasteiger partial charge in [0.15, 0.2) is 0 Å². The van der Waals surface area contributed by atoms with Gasteiger partial charge in [0, 0.05) is 42.3 Å². The van der Waals surface area contributed by atoms with Crippen LogP contribution in [-0.2, 0) is 9.59 Å². The van der Waals surface area contributed by atoms with E-state index in [2.05, 4.69) is 10.6 Å². The molecule has 0 spiro atoms. The Morgan fingerprint density at radius 1 is 1.10 bits per heavy atom. The second kappa shape index (κ2) is 12.0. The molecule has 5 N–H and O–H groups in total. The number of nitrogens with zero attached hydrogens (tertiary/aromatic N) is 1. The molecule has 1 fully saturated rings. The highest BCUT2D eigenvalue weighted by atomic mass is 35.5. The molecule has 1 saturated heterocycles. The van der Waals surface area contributed by atoms with Crippen molar-refractivity contribution in [1.29, 1.82) is 0 Å². The van der Waals surface area contributed by atoms with E-state index in [1.807, 2.05) is 4.90 Å². The SMILES string of the molecule is CC(C)(O)CN1CC(C(=O)Nc2ccc(Cl)cc2)C(c2ccc(/C=C/C(=O)Nc3ccccc3N)cc2F)C1. The fourth-order valence-electron chi connectivity index (χ4n) is 4.82. The summed E-state index contributed by atoms with van der Waals surface area (Å²) in [6, 6.07) is 18.4. The molecule has 1 heterocycles. The predicted octanol–water partition coefficient (Wildman–Crippen LogP) is 5.14. The molecule has 39 heavy (non-hydrogen) atoms. The van der Waals surface area contributed by atoms with E-state index in [1.54, 1.807) is 74.5 Å². The lowest BCUT2D eigenvalue weighted by molar-refractivity contribution is -0.120. The van der Waals surface area contributed by atoms with E-state index >= 15 is 4.39 Å². The van der Waals surface area contributed by atoms with Gasteiger partial charge in [-0.05, 0) is 73.5 Å². The molecule has 2 unspecified atom stereocenters. The maximum Gasteiger partial charge on any atom is 0.248 e. The Bertz CT molecular complexity index is 1370. The smallest absolute Gasteiger partial charge is 0.248 e. The summed E-state index contributed by atoms with van der Waals surface area (Å²) < 4.78 is 15.4. The number of amides is 2. The van der Waals surface area contributed by atoms with Gasteiger partial charge in [0.25, 0.3) is 0 Å². The van der Waals surface area contributed by atoms with Crippen LogP contribution in [0.25, 0.3) is 6.08 Å². The fourth-order valence-corrected chi connectivity index (χ4v) is 4.94. The molecule has 204 valence electrons. The quantitative estimate of drug-likeness (QED) is 0.229. The standard InChI is InChI=1S/C30H32ClFN4O3/c1-30(2,39)18-36-16-23(24(17-36)29(38)34-21-11-9-20(31)10-12-21)22-13-7-19(15-25(22)32)8-14-28(37)35-27-6-4-3-5-26(27)33/h3-15,23-24,39H,16-18,33H2,1-2H3,(H,34,38)(H,35,37)/b14-8+. The van der Waals surface area contributed by atoms with Crippen molar-refractivity contribution in [2.24, 2.45) is 5.92 Å². The maximum atomic E-state index is 15.4. The summed E-state index contributed by atoms with van der Waals surface area (Å²) in [7, 11) is 0. The number of β-amino-alcohol motifs (C(OH)–C–C–N with tert-alkyl or cyclic N) is 1. The predicted molar refractivity (Wildman–Crippen MR) is 154 cm³/mol. The topological polar surface area (TPSA) is 108 Å². The van der Waals surface area contributed by atoms with E-state index in [0.717, 1.165) is 0 Å². The van der Waals surface area contributed by atoms with Crippen molar-refractivity contribution >= 4 is 46.6 Å². The average molecular weight is 551 g/mol. The van der Waals surface area contributed by atoms with Crippen molar-refractivity contribution in [3.05, 3.63) is 94.8 Å². The van der Waals surface area contributed by atoms with Crippen LogP contribution in [0.3, 0.4) is 0 Å². The van der Waals surface area contributed by atoms with Gasteiger partial charge in [-0.2, -0.15) is 0 Å². The number of rotatable bonds is 8. The lowest BCUT2D eigenvalue weighted by Gasteiger charge is -2.25. The van der Waals surface area contributed by atoms with Gasteiger partial charge in [-0.25, -0.2) is 4.39 Å². The van der Waals surface area contributed by atoms with Crippen LogP contribution in [0.4, 0.5) is 21.5 Å². The Morgan fingerprint density at radius 2 is 1.82 bits per heavy atom. The summed E-state index contributed by atoms with van der Waals surface area (Å²) >= 11 is 5.95. The number of hydrogen-bond donors (Lipinski definition) is 4. The van der Waals surface area contributed by atoms with Crippen LogP contribution in [0, 0.1) is 11.7 Å². The molecule has 3 aromatic rings. The number of carbonyl (C=O) groups is 2. The zero-order chi connectivity index (χ0) is 28.2. The molecule has 0 aromatic heterocycles. The third-order valence-corrected chi connectivity index (χ3v) is 6.78. The summed E-state index contributed by atoms with van der Waals surface area (Å²) in [6.07, 6.45) is 2.82. The molecule has 0 saturated carbocycles. The number of aliphatic hydroxyl groups is 1. The average Bonchev–Trinajstić information content (AvgIpc) is 3.27. The van der Waals surface area contributed by atoms with Crippen LogP contribution in [-0.4, -0.2) is 47.1 Å². The molecule has 4 rings (SSSR count). The molecule has 9 heteroatoms. The Labute approximate surface area is 232 Å². The third-order valence-electron chi connectivity index (χ3n) is 6.52. The molecule has 2 amide bonds. The van der Waals surface area contributed by atoms with Crippen LogP contribution in [0.15, 0.2) is 72.8 Å². The summed E-state index contributed by atoms with van der Waals surface area (Å²) in [4.78, 5) is 27.6. The van der Waals surface area contributed by atoms with Crippen molar-refractivity contribution in [1.82, 2.24) is 4.90 Å². The first-order valence-electron chi connectivity index (χ1n) is 12.6. The number of carbonyl (C=O) groups excluding carboxylic acids is 2. The minimum Gasteiger partial charge on any atom is -0.397 e. The zero-order valence-corrected chi connectivity index (χ0v) is 22.6. The number of nitrogens with two attached hydrogens (primary N) is 1. The molecular weight excluding hydrogens is 519 g/mol. The summed E-state index contributed by atoms with van der Waals surface area (Å²) in [5, 5.41) is 16.5. The Kier molecular flexibility index (Phi) is 8.70. The van der Waals surface area contributed by atoms with Gasteiger partial charge in [-0.15, -0.1) is 0 Å². The summed E-state index contributed by atoms with van der Waals surface area (Å²) in [6.45, 7) is 4.53. The third kappa shape index (κ3) is 7.66. The first kappa shape index (κ1) is 28.3. The number of nitrogen functional groups attached to an aromatic ring is 1. The minimum atomic E-state index is -0.968. The molecule has 1 aliphatic heterocycles. The number of para-hydroxylation sites is 2. The summed E-state index contributed by atoms with van der Waals surface area (Å²) in [5.41, 5.74) is 7.33. The first-order valence-corrected chi connectivity index (χ1v) is 13.0. The van der Waals surface area contributed by atoms with Gasteiger partial charge in [0.05, 0.1) is 22.9 Å². The van der Waals surface area contributed by atoms with Crippen molar-refractivity contribution in [2.75, 3.05) is 36.0 Å². The monoisotopic (exact) mass is 550 g/mol. The number of anilines is 3. The molecule has 0 aliphatic carbocycles. The number of hydrogen-bond acceptors (Lipinski definition) is 5. The van der Waals surface area contributed by atoms with Crippen LogP contribution in [0.2, 0.25) is 5.02 Å².